The first-order valence-electron chi connectivity index (χ1n) is 20.2. The number of hydrogen-bond donors (Lipinski definition) is 4. The highest BCUT2D eigenvalue weighted by atomic mass is 16.5. The van der Waals surface area contributed by atoms with Gasteiger partial charge in [0.2, 0.25) is 11.8 Å². The van der Waals surface area contributed by atoms with Crippen LogP contribution in [0, 0.1) is 11.8 Å². The smallest absolute Gasteiger partial charge is 0.407 e. The van der Waals surface area contributed by atoms with Gasteiger partial charge in [-0.25, -0.2) is 14.6 Å². The number of aromatic nitrogens is 3. The van der Waals surface area contributed by atoms with E-state index in [0.29, 0.717) is 13.1 Å². The molecule has 0 saturated carbocycles. The number of alkyl carbamates (subject to hydrolysis) is 2. The summed E-state index contributed by atoms with van der Waals surface area (Å²) in [5, 5.41) is 7.66. The molecule has 4 N–H and O–H groups in total. The molecule has 13 heteroatoms. The number of rotatable bonds is 11. The number of imidazole rings is 1. The molecule has 58 heavy (non-hydrogen) atoms. The summed E-state index contributed by atoms with van der Waals surface area (Å²) in [6.45, 7) is 8.86. The van der Waals surface area contributed by atoms with E-state index < -0.39 is 24.3 Å². The maximum absolute atomic E-state index is 13.7. The molecule has 3 aromatic carbocycles. The van der Waals surface area contributed by atoms with Gasteiger partial charge in [0.25, 0.3) is 0 Å². The van der Waals surface area contributed by atoms with E-state index in [1.807, 2.05) is 49.8 Å². The largest absolute Gasteiger partial charge is 0.453 e. The summed E-state index contributed by atoms with van der Waals surface area (Å²) in [6, 6.07) is 23.5. The summed E-state index contributed by atoms with van der Waals surface area (Å²) in [5.41, 5.74) is 7.02. The summed E-state index contributed by atoms with van der Waals surface area (Å²) >= 11 is 0. The highest BCUT2D eigenvalue weighted by molar-refractivity contribution is 6.04. The third-order valence-corrected chi connectivity index (χ3v) is 11.6. The molecule has 4 unspecified atom stereocenters. The summed E-state index contributed by atoms with van der Waals surface area (Å²) in [6.07, 6.45) is 3.91. The second-order valence-corrected chi connectivity index (χ2v) is 15.9. The zero-order valence-electron chi connectivity index (χ0n) is 34.0. The highest BCUT2D eigenvalue weighted by Gasteiger charge is 2.38. The first-order chi connectivity index (χ1) is 28.0. The predicted octanol–water partition coefficient (Wildman–Crippen LogP) is 7.98. The van der Waals surface area contributed by atoms with E-state index in [1.165, 1.54) is 14.2 Å². The highest BCUT2D eigenvalue weighted by Crippen LogP contribution is 2.39. The molecular formula is C45H53N7O6. The number of hydrogen-bond acceptors (Lipinski definition) is 7. The Kier molecular flexibility index (Phi) is 11.9. The molecule has 0 radical (unpaired) electrons. The van der Waals surface area contributed by atoms with E-state index in [4.69, 9.17) is 14.5 Å². The van der Waals surface area contributed by atoms with Crippen LogP contribution in [0.4, 0.5) is 9.59 Å². The maximum Gasteiger partial charge on any atom is 0.407 e. The second kappa shape index (κ2) is 17.2. The Morgan fingerprint density at radius 3 is 1.78 bits per heavy atom. The van der Waals surface area contributed by atoms with Crippen molar-refractivity contribution in [2.75, 3.05) is 27.3 Å². The van der Waals surface area contributed by atoms with Crippen molar-refractivity contribution in [1.82, 2.24) is 35.4 Å². The van der Waals surface area contributed by atoms with Gasteiger partial charge in [0.05, 0.1) is 38.2 Å². The maximum atomic E-state index is 13.7. The fourth-order valence-electron chi connectivity index (χ4n) is 8.46. The van der Waals surface area contributed by atoms with Crippen molar-refractivity contribution < 1.29 is 28.7 Å². The molecule has 2 saturated heterocycles. The minimum absolute atomic E-state index is 0.0963. The SMILES string of the molecule is COC(=O)NC(C(=O)N1CCCC1c1ccc(-c2ccc(-c3ccc(-c4cnc(C5CCCN5C(=O)C(NC(=O)OC)C(C)C)[nH]4)cc3)c3ccccc23)[nH]1)C(C)C. The van der Waals surface area contributed by atoms with Crippen molar-refractivity contribution in [2.24, 2.45) is 11.8 Å². The number of methoxy groups -OCH3 is 2. The lowest BCUT2D eigenvalue weighted by atomic mass is 9.93. The fourth-order valence-corrected chi connectivity index (χ4v) is 8.46. The number of ether oxygens (including phenoxy) is 2. The van der Waals surface area contributed by atoms with Crippen LogP contribution >= 0.6 is 0 Å². The number of likely N-dealkylation sites (tertiary alicyclic amines) is 2. The third-order valence-electron chi connectivity index (χ3n) is 11.6. The number of carbonyl (C=O) groups is 4. The molecule has 2 aliphatic heterocycles. The Morgan fingerprint density at radius 2 is 1.19 bits per heavy atom. The van der Waals surface area contributed by atoms with E-state index in [9.17, 15) is 19.2 Å². The first kappa shape index (κ1) is 40.1. The van der Waals surface area contributed by atoms with Gasteiger partial charge in [0.15, 0.2) is 0 Å². The van der Waals surface area contributed by atoms with Gasteiger partial charge >= 0.3 is 12.2 Å². The van der Waals surface area contributed by atoms with Crippen molar-refractivity contribution in [1.29, 1.82) is 0 Å². The molecule has 7 rings (SSSR count). The molecule has 5 aromatic rings. The quantitative estimate of drug-likeness (QED) is 0.106. The van der Waals surface area contributed by atoms with Crippen molar-refractivity contribution in [3.05, 3.63) is 90.5 Å². The predicted molar refractivity (Wildman–Crippen MR) is 222 cm³/mol. The molecule has 4 amide bonds. The van der Waals surface area contributed by atoms with Gasteiger partial charge in [-0.05, 0) is 77.1 Å². The molecule has 0 spiro atoms. The van der Waals surface area contributed by atoms with E-state index >= 15 is 0 Å². The van der Waals surface area contributed by atoms with Crippen LogP contribution in [-0.4, -0.2) is 88.1 Å². The average Bonchev–Trinajstić information content (AvgIpc) is 4.08. The van der Waals surface area contributed by atoms with E-state index in [-0.39, 0.29) is 35.7 Å². The zero-order valence-corrected chi connectivity index (χ0v) is 34.0. The van der Waals surface area contributed by atoms with Crippen LogP contribution in [0.5, 0.6) is 0 Å². The molecule has 2 aliphatic rings. The van der Waals surface area contributed by atoms with Crippen molar-refractivity contribution in [2.45, 2.75) is 77.5 Å². The molecule has 0 aliphatic carbocycles. The number of carbonyl (C=O) groups excluding carboxylic acids is 4. The van der Waals surface area contributed by atoms with Crippen LogP contribution in [0.1, 0.15) is 77.0 Å². The Bertz CT molecular complexity index is 2280. The summed E-state index contributed by atoms with van der Waals surface area (Å²) in [7, 11) is 2.59. The van der Waals surface area contributed by atoms with Crippen LogP contribution in [0.2, 0.25) is 0 Å². The molecule has 0 bridgehead atoms. The Hall–Kier alpha value is -6.11. The Morgan fingerprint density at radius 1 is 0.655 bits per heavy atom. The molecule has 2 aromatic heterocycles. The number of aromatic amines is 2. The van der Waals surface area contributed by atoms with Crippen LogP contribution in [0.15, 0.2) is 79.0 Å². The lowest BCUT2D eigenvalue weighted by Gasteiger charge is -2.30. The van der Waals surface area contributed by atoms with Crippen molar-refractivity contribution in [3.8, 4) is 33.6 Å². The minimum atomic E-state index is -0.692. The molecular weight excluding hydrogens is 735 g/mol. The zero-order chi connectivity index (χ0) is 41.1. The Labute approximate surface area is 338 Å². The van der Waals surface area contributed by atoms with Crippen LogP contribution in [-0.2, 0) is 19.1 Å². The molecule has 13 nitrogen and oxygen atoms in total. The van der Waals surface area contributed by atoms with Gasteiger partial charge in [-0.15, -0.1) is 0 Å². The van der Waals surface area contributed by atoms with Crippen molar-refractivity contribution >= 4 is 34.8 Å². The van der Waals surface area contributed by atoms with Gasteiger partial charge in [0.1, 0.15) is 17.9 Å². The summed E-state index contributed by atoms with van der Waals surface area (Å²) in [4.78, 5) is 66.9. The van der Waals surface area contributed by atoms with Gasteiger partial charge in [-0.2, -0.15) is 0 Å². The molecule has 2 fully saturated rings. The summed E-state index contributed by atoms with van der Waals surface area (Å²) in [5.74, 6) is 0.274. The number of H-pyrrole nitrogens is 2. The standard InChI is InChI=1S/C45H53N7O6/c1-26(2)39(49-44(55)57-5)42(53)51-23-9-13-37(51)35-22-21-34(47-35)33-20-19-30(31-11-7-8-12-32(31)33)28-15-17-29(18-16-28)36-25-46-41(48-36)38-14-10-24-52(38)43(54)40(27(3)4)50-45(56)58-6/h7-8,11-12,15-22,25-27,37-40,47H,9-10,13-14,23-24H2,1-6H3,(H,46,48)(H,49,55)(H,50,56). The lowest BCUT2D eigenvalue weighted by molar-refractivity contribution is -0.136. The normalized spacial score (nSPS) is 17.8. The van der Waals surface area contributed by atoms with E-state index in [0.717, 1.165) is 81.6 Å². The number of fused-ring (bicyclic) bond motifs is 1. The topological polar surface area (TPSA) is 162 Å². The van der Waals surface area contributed by atoms with Gasteiger partial charge < -0.3 is 39.9 Å². The Balaban J connectivity index is 1.09. The third kappa shape index (κ3) is 8.03. The number of nitrogens with one attached hydrogen (secondary N) is 4. The van der Waals surface area contributed by atoms with Crippen LogP contribution in [0.3, 0.4) is 0 Å². The van der Waals surface area contributed by atoms with E-state index in [2.05, 4.69) is 87.3 Å². The van der Waals surface area contributed by atoms with Gasteiger partial charge in [0, 0.05) is 30.0 Å². The molecule has 304 valence electrons. The molecule has 4 heterocycles. The lowest BCUT2D eigenvalue weighted by Crippen LogP contribution is -2.51. The van der Waals surface area contributed by atoms with Crippen LogP contribution in [0.25, 0.3) is 44.4 Å². The number of nitrogens with zero attached hydrogens (tertiary/aromatic N) is 3. The molecule has 4 atom stereocenters. The first-order valence-corrected chi connectivity index (χ1v) is 20.2. The van der Waals surface area contributed by atoms with Gasteiger partial charge in [-0.1, -0.05) is 88.4 Å². The second-order valence-electron chi connectivity index (χ2n) is 15.9. The average molecular weight is 788 g/mol. The fraction of sp³-hybridized carbons (Fsp3) is 0.400. The van der Waals surface area contributed by atoms with Crippen molar-refractivity contribution in [3.63, 3.8) is 0 Å². The van der Waals surface area contributed by atoms with Gasteiger partial charge in [-0.3, -0.25) is 9.59 Å². The minimum Gasteiger partial charge on any atom is -0.453 e. The van der Waals surface area contributed by atoms with Crippen LogP contribution < -0.4 is 10.6 Å². The number of amides is 4. The number of benzene rings is 3. The summed E-state index contributed by atoms with van der Waals surface area (Å²) < 4.78 is 9.57. The van der Waals surface area contributed by atoms with E-state index in [1.54, 1.807) is 0 Å². The monoisotopic (exact) mass is 787 g/mol.